The molecule has 1 heterocycles. The molecule has 0 aromatic carbocycles. The number of carboxylic acids is 1. The predicted octanol–water partition coefficient (Wildman–Crippen LogP) is -1.15. The smallest absolute Gasteiger partial charge is 0.322 e. The lowest BCUT2D eigenvalue weighted by atomic mass is 10.1. The molecule has 0 saturated carbocycles. The maximum Gasteiger partial charge on any atom is 0.322 e. The van der Waals surface area contributed by atoms with E-state index in [0.29, 0.717) is 25.9 Å². The van der Waals surface area contributed by atoms with Gasteiger partial charge in [-0.25, -0.2) is 4.79 Å². The van der Waals surface area contributed by atoms with E-state index in [0.717, 1.165) is 25.7 Å². The summed E-state index contributed by atoms with van der Waals surface area (Å²) >= 11 is 0. The Morgan fingerprint density at radius 2 is 1.73 bits per heavy atom. The lowest BCUT2D eigenvalue weighted by Crippen LogP contribution is -2.29. The van der Waals surface area contributed by atoms with Crippen LogP contribution in [-0.2, 0) is 9.59 Å². The highest BCUT2D eigenvalue weighted by atomic mass is 16.4. The zero-order chi connectivity index (χ0) is 17.0. The zero-order valence-electron chi connectivity index (χ0n) is 12.7. The molecule has 1 aliphatic heterocycles. The number of amides is 3. The SMILES string of the molecule is NCCCCC1NC(=O)NC1=O.NCCCC[C@@H](N)C(=O)O. The van der Waals surface area contributed by atoms with E-state index in [4.69, 9.17) is 22.3 Å². The molecule has 0 radical (unpaired) electrons. The standard InChI is InChI=1S/C7H13N3O2.C6H14N2O2/c8-4-2-1-3-5-6(11)10-7(12)9-5;7-4-2-1-3-5(8)6(9)10/h5H,1-4,8H2,(H2,9,10,11,12);5H,1-4,7-8H2,(H,9,10)/t;5-/m.1/s1. The zero-order valence-corrected chi connectivity index (χ0v) is 12.7. The monoisotopic (exact) mass is 317 g/mol. The topological polar surface area (TPSA) is 174 Å². The molecular weight excluding hydrogens is 290 g/mol. The molecule has 1 unspecified atom stereocenters. The second kappa shape index (κ2) is 11.9. The van der Waals surface area contributed by atoms with Gasteiger partial charge in [0.15, 0.2) is 0 Å². The van der Waals surface area contributed by atoms with E-state index in [1.807, 2.05) is 0 Å². The van der Waals surface area contributed by atoms with Gasteiger partial charge in [-0.1, -0.05) is 6.42 Å². The Kier molecular flexibility index (Phi) is 11.0. The van der Waals surface area contributed by atoms with E-state index in [-0.39, 0.29) is 11.9 Å². The normalized spacial score (nSPS) is 18.0. The van der Waals surface area contributed by atoms with Gasteiger partial charge in [-0.05, 0) is 45.2 Å². The third-order valence-electron chi connectivity index (χ3n) is 3.09. The Morgan fingerprint density at radius 3 is 2.18 bits per heavy atom. The van der Waals surface area contributed by atoms with Crippen LogP contribution >= 0.6 is 0 Å². The van der Waals surface area contributed by atoms with E-state index < -0.39 is 18.0 Å². The van der Waals surface area contributed by atoms with Crippen molar-refractivity contribution >= 4 is 17.9 Å². The van der Waals surface area contributed by atoms with Crippen LogP contribution in [0.3, 0.4) is 0 Å². The summed E-state index contributed by atoms with van der Waals surface area (Å²) in [7, 11) is 0. The molecule has 0 bridgehead atoms. The lowest BCUT2D eigenvalue weighted by molar-refractivity contribution is -0.138. The number of unbranched alkanes of at least 4 members (excludes halogenated alkanes) is 2. The minimum Gasteiger partial charge on any atom is -0.480 e. The fourth-order valence-corrected chi connectivity index (χ4v) is 1.79. The maximum absolute atomic E-state index is 11.0. The van der Waals surface area contributed by atoms with Gasteiger partial charge in [-0.15, -0.1) is 0 Å². The van der Waals surface area contributed by atoms with E-state index >= 15 is 0 Å². The van der Waals surface area contributed by atoms with Gasteiger partial charge in [-0.2, -0.15) is 0 Å². The first kappa shape index (κ1) is 20.3. The van der Waals surface area contributed by atoms with Gasteiger partial charge in [0.1, 0.15) is 12.1 Å². The van der Waals surface area contributed by atoms with Crippen molar-refractivity contribution in [2.75, 3.05) is 13.1 Å². The van der Waals surface area contributed by atoms with Gasteiger partial charge >= 0.3 is 12.0 Å². The summed E-state index contributed by atoms with van der Waals surface area (Å²) in [5, 5.41) is 13.0. The van der Waals surface area contributed by atoms with Gasteiger partial charge in [-0.3, -0.25) is 14.9 Å². The Hall–Kier alpha value is -1.71. The summed E-state index contributed by atoms with van der Waals surface area (Å²) in [5.74, 6) is -1.16. The molecule has 0 aromatic rings. The molecule has 9 nitrogen and oxygen atoms in total. The molecule has 1 saturated heterocycles. The number of nitrogens with two attached hydrogens (primary N) is 3. The first-order valence-electron chi connectivity index (χ1n) is 7.42. The minimum absolute atomic E-state index is 0.225. The van der Waals surface area contributed by atoms with E-state index in [1.54, 1.807) is 0 Å². The Labute approximate surface area is 130 Å². The number of imide groups is 1. The number of urea groups is 1. The van der Waals surface area contributed by atoms with Crippen LogP contribution in [0, 0.1) is 0 Å². The van der Waals surface area contributed by atoms with Gasteiger partial charge in [0, 0.05) is 0 Å². The van der Waals surface area contributed by atoms with Crippen LogP contribution < -0.4 is 27.8 Å². The van der Waals surface area contributed by atoms with E-state index in [2.05, 4.69) is 10.6 Å². The second-order valence-electron chi connectivity index (χ2n) is 5.03. The number of carbonyl (C=O) groups excluding carboxylic acids is 2. The molecule has 1 aliphatic rings. The van der Waals surface area contributed by atoms with Crippen LogP contribution in [0.15, 0.2) is 0 Å². The van der Waals surface area contributed by atoms with Gasteiger partial charge in [0.05, 0.1) is 0 Å². The highest BCUT2D eigenvalue weighted by Crippen LogP contribution is 2.03. The summed E-state index contributed by atoms with van der Waals surface area (Å²) in [4.78, 5) is 31.7. The average molecular weight is 317 g/mol. The minimum atomic E-state index is -0.933. The van der Waals surface area contributed by atoms with E-state index in [1.165, 1.54) is 0 Å². The van der Waals surface area contributed by atoms with Crippen LogP contribution in [0.25, 0.3) is 0 Å². The number of rotatable bonds is 9. The fourth-order valence-electron chi connectivity index (χ4n) is 1.79. The number of hydrogen-bond donors (Lipinski definition) is 6. The van der Waals surface area contributed by atoms with Crippen molar-refractivity contribution in [2.24, 2.45) is 17.2 Å². The molecule has 1 rings (SSSR count). The highest BCUT2D eigenvalue weighted by Gasteiger charge is 2.28. The highest BCUT2D eigenvalue weighted by molar-refractivity contribution is 6.04. The van der Waals surface area contributed by atoms with Crippen molar-refractivity contribution in [3.63, 3.8) is 0 Å². The van der Waals surface area contributed by atoms with Crippen LogP contribution in [-0.4, -0.2) is 48.2 Å². The van der Waals surface area contributed by atoms with E-state index in [9.17, 15) is 14.4 Å². The average Bonchev–Trinajstić information content (AvgIpc) is 2.78. The third-order valence-corrected chi connectivity index (χ3v) is 3.09. The van der Waals surface area contributed by atoms with Gasteiger partial charge < -0.3 is 27.6 Å². The van der Waals surface area contributed by atoms with Crippen molar-refractivity contribution in [1.82, 2.24) is 10.6 Å². The summed E-state index contributed by atoms with van der Waals surface area (Å²) < 4.78 is 0. The largest absolute Gasteiger partial charge is 0.480 e. The van der Waals surface area contributed by atoms with Crippen molar-refractivity contribution in [2.45, 2.75) is 50.6 Å². The Balaban J connectivity index is 0.000000409. The molecule has 0 aliphatic carbocycles. The Bertz CT molecular complexity index is 364. The van der Waals surface area contributed by atoms with Crippen LogP contribution in [0.2, 0.25) is 0 Å². The molecule has 0 spiro atoms. The number of hydrogen-bond acceptors (Lipinski definition) is 6. The fraction of sp³-hybridized carbons (Fsp3) is 0.769. The molecule has 9 heteroatoms. The quantitative estimate of drug-likeness (QED) is 0.230. The van der Waals surface area contributed by atoms with Crippen molar-refractivity contribution in [3.8, 4) is 0 Å². The summed E-state index contributed by atoms with van der Waals surface area (Å²) in [6.45, 7) is 1.23. The molecule has 3 amide bonds. The number of nitrogens with one attached hydrogen (secondary N) is 2. The number of aliphatic carboxylic acids is 1. The number of carboxylic acid groups (broad SMARTS) is 1. The molecule has 0 aromatic heterocycles. The second-order valence-corrected chi connectivity index (χ2v) is 5.03. The summed E-state index contributed by atoms with van der Waals surface area (Å²) in [5.41, 5.74) is 15.7. The first-order valence-corrected chi connectivity index (χ1v) is 7.42. The van der Waals surface area contributed by atoms with Crippen molar-refractivity contribution in [1.29, 1.82) is 0 Å². The molecule has 1 fully saturated rings. The van der Waals surface area contributed by atoms with Crippen LogP contribution in [0.4, 0.5) is 4.79 Å². The van der Waals surface area contributed by atoms with Crippen LogP contribution in [0.5, 0.6) is 0 Å². The summed E-state index contributed by atoms with van der Waals surface area (Å²) in [6, 6.07) is -1.45. The molecule has 9 N–H and O–H groups in total. The molecule has 2 atom stereocenters. The third kappa shape index (κ3) is 9.27. The maximum atomic E-state index is 11.0. The Morgan fingerprint density at radius 1 is 1.14 bits per heavy atom. The molecule has 128 valence electrons. The van der Waals surface area contributed by atoms with Crippen molar-refractivity contribution < 1.29 is 19.5 Å². The lowest BCUT2D eigenvalue weighted by Gasteiger charge is -2.04. The summed E-state index contributed by atoms with van der Waals surface area (Å²) in [6.07, 6.45) is 4.60. The van der Waals surface area contributed by atoms with Crippen LogP contribution in [0.1, 0.15) is 38.5 Å². The van der Waals surface area contributed by atoms with Gasteiger partial charge in [0.25, 0.3) is 5.91 Å². The van der Waals surface area contributed by atoms with Gasteiger partial charge in [0.2, 0.25) is 0 Å². The number of carbonyl (C=O) groups is 3. The van der Waals surface area contributed by atoms with Crippen molar-refractivity contribution in [3.05, 3.63) is 0 Å². The predicted molar refractivity (Wildman–Crippen MR) is 81.9 cm³/mol. The molecule has 22 heavy (non-hydrogen) atoms. The molecular formula is C13H27N5O4. The first-order chi connectivity index (χ1) is 10.4.